The van der Waals surface area contributed by atoms with E-state index in [1.807, 2.05) is 44.2 Å². The van der Waals surface area contributed by atoms with Crippen LogP contribution in [0.15, 0.2) is 53.1 Å². The van der Waals surface area contributed by atoms with Crippen LogP contribution in [0.4, 0.5) is 13.9 Å². The Labute approximate surface area is 185 Å². The molecule has 6 nitrogen and oxygen atoms in total. The Morgan fingerprint density at radius 3 is 2.65 bits per heavy atom. The quantitative estimate of drug-likeness (QED) is 0.300. The second-order valence-electron chi connectivity index (χ2n) is 7.23. The van der Waals surface area contributed by atoms with E-state index in [-0.39, 0.29) is 17.3 Å². The van der Waals surface area contributed by atoms with Crippen LogP contribution in [0.1, 0.15) is 25.5 Å². The fourth-order valence-corrected chi connectivity index (χ4v) is 4.92. The van der Waals surface area contributed by atoms with Gasteiger partial charge in [0.25, 0.3) is 0 Å². The first-order valence-electron chi connectivity index (χ1n) is 9.55. The van der Waals surface area contributed by atoms with Gasteiger partial charge >= 0.3 is 0 Å². The molecule has 160 valence electrons. The number of halogens is 2. The molecule has 0 saturated heterocycles. The number of carbonyl (C=O) groups excluding carboxylic acids is 1. The summed E-state index contributed by atoms with van der Waals surface area (Å²) < 4.78 is 29.6. The summed E-state index contributed by atoms with van der Waals surface area (Å²) in [6.45, 7) is 3.74. The number of amides is 1. The van der Waals surface area contributed by atoms with E-state index >= 15 is 0 Å². The molecule has 10 heteroatoms. The molecule has 4 aromatic rings. The molecule has 0 saturated carbocycles. The Bertz CT molecular complexity index is 1210. The second kappa shape index (κ2) is 9.11. The van der Waals surface area contributed by atoms with Gasteiger partial charge in [0.05, 0.1) is 17.4 Å². The third kappa shape index (κ3) is 4.75. The van der Waals surface area contributed by atoms with Crippen molar-refractivity contribution >= 4 is 45.2 Å². The maximum Gasteiger partial charge on any atom is 0.249 e. The normalized spacial score (nSPS) is 12.4. The van der Waals surface area contributed by atoms with Gasteiger partial charge in [-0.3, -0.25) is 10.1 Å². The maximum absolute atomic E-state index is 13.8. The molecule has 2 aromatic heterocycles. The Kier molecular flexibility index (Phi) is 6.28. The molecule has 2 aromatic carbocycles. The number of carbonyl (C=O) groups is 1. The summed E-state index contributed by atoms with van der Waals surface area (Å²) in [6.07, 6.45) is 1.43. The van der Waals surface area contributed by atoms with Crippen LogP contribution in [0.2, 0.25) is 0 Å². The van der Waals surface area contributed by atoms with Crippen LogP contribution >= 0.6 is 23.1 Å². The molecule has 0 fully saturated rings. The Hall–Kier alpha value is -2.85. The zero-order valence-corrected chi connectivity index (χ0v) is 18.4. The smallest absolute Gasteiger partial charge is 0.249 e. The van der Waals surface area contributed by atoms with Crippen molar-refractivity contribution in [3.05, 3.63) is 66.0 Å². The molecule has 0 aliphatic carbocycles. The molecule has 0 spiro atoms. The van der Waals surface area contributed by atoms with Crippen LogP contribution in [0.3, 0.4) is 0 Å². The highest BCUT2D eigenvalue weighted by atomic mass is 32.2. The molecule has 0 radical (unpaired) electrons. The van der Waals surface area contributed by atoms with E-state index in [0.717, 1.165) is 22.2 Å². The lowest BCUT2D eigenvalue weighted by atomic mass is 10.0. The summed E-state index contributed by atoms with van der Waals surface area (Å²) in [5, 5.41) is 11.4. The summed E-state index contributed by atoms with van der Waals surface area (Å²) in [5.41, 5.74) is 1.81. The van der Waals surface area contributed by atoms with Crippen molar-refractivity contribution in [3.8, 4) is 0 Å². The van der Waals surface area contributed by atoms with Crippen LogP contribution in [-0.2, 0) is 10.5 Å². The van der Waals surface area contributed by atoms with Gasteiger partial charge in [-0.25, -0.2) is 13.8 Å². The number of nitrogens with zero attached hydrogens (tertiary/aromatic N) is 4. The van der Waals surface area contributed by atoms with Crippen LogP contribution in [0.25, 0.3) is 11.0 Å². The fraction of sp³-hybridized carbons (Fsp3) is 0.238. The van der Waals surface area contributed by atoms with Gasteiger partial charge < -0.3 is 4.57 Å². The average molecular weight is 460 g/mol. The lowest BCUT2D eigenvalue weighted by molar-refractivity contribution is -0.120. The first-order valence-corrected chi connectivity index (χ1v) is 11.3. The zero-order chi connectivity index (χ0) is 22.0. The summed E-state index contributed by atoms with van der Waals surface area (Å²) in [6, 6.07) is 11.4. The van der Waals surface area contributed by atoms with Crippen LogP contribution < -0.4 is 5.32 Å². The van der Waals surface area contributed by atoms with Crippen molar-refractivity contribution in [2.75, 3.05) is 5.32 Å². The van der Waals surface area contributed by atoms with Crippen molar-refractivity contribution in [2.24, 2.45) is 5.92 Å². The number of nitrogens with one attached hydrogen (secondary N) is 1. The topological polar surface area (TPSA) is 72.7 Å². The predicted molar refractivity (Wildman–Crippen MR) is 118 cm³/mol. The second-order valence-corrected chi connectivity index (χ2v) is 9.43. The molecule has 2 heterocycles. The molecule has 1 atom stereocenters. The van der Waals surface area contributed by atoms with Gasteiger partial charge in [-0.05, 0) is 11.5 Å². The summed E-state index contributed by atoms with van der Waals surface area (Å²) >= 11 is 2.83. The molecule has 0 aliphatic heterocycles. The van der Waals surface area contributed by atoms with Gasteiger partial charge in [-0.2, -0.15) is 0 Å². The number of thioether (sulfide) groups is 1. The van der Waals surface area contributed by atoms with Gasteiger partial charge in [0.15, 0.2) is 16.0 Å². The highest BCUT2D eigenvalue weighted by molar-refractivity contribution is 8.00. The molecule has 31 heavy (non-hydrogen) atoms. The van der Waals surface area contributed by atoms with E-state index in [0.29, 0.717) is 10.6 Å². The van der Waals surface area contributed by atoms with Gasteiger partial charge in [-0.1, -0.05) is 67.3 Å². The van der Waals surface area contributed by atoms with Crippen molar-refractivity contribution in [3.63, 3.8) is 0 Å². The van der Waals surface area contributed by atoms with Crippen LogP contribution in [0, 0.1) is 17.6 Å². The number of anilines is 1. The minimum Gasteiger partial charge on any atom is -0.318 e. The van der Waals surface area contributed by atoms with Crippen molar-refractivity contribution < 1.29 is 13.6 Å². The van der Waals surface area contributed by atoms with Crippen LogP contribution in [-0.4, -0.2) is 25.7 Å². The van der Waals surface area contributed by atoms with E-state index in [1.54, 1.807) is 4.57 Å². The first-order chi connectivity index (χ1) is 14.9. The molecule has 1 unspecified atom stereocenters. The number of hydrogen-bond donors (Lipinski definition) is 1. The van der Waals surface area contributed by atoms with E-state index in [2.05, 4.69) is 20.5 Å². The lowest BCUT2D eigenvalue weighted by Gasteiger charge is -2.21. The Morgan fingerprint density at radius 2 is 1.90 bits per heavy atom. The van der Waals surface area contributed by atoms with Crippen LogP contribution in [0.5, 0.6) is 0 Å². The third-order valence-electron chi connectivity index (χ3n) is 4.66. The number of benzene rings is 2. The fourth-order valence-electron chi connectivity index (χ4n) is 3.21. The summed E-state index contributed by atoms with van der Waals surface area (Å²) in [4.78, 5) is 17.2. The van der Waals surface area contributed by atoms with Gasteiger partial charge in [-0.15, -0.1) is 10.2 Å². The number of fused-ring (bicyclic) bond motifs is 1. The van der Waals surface area contributed by atoms with E-state index < -0.39 is 17.7 Å². The number of imidazole rings is 1. The molecule has 1 amide bonds. The van der Waals surface area contributed by atoms with E-state index in [4.69, 9.17) is 0 Å². The van der Waals surface area contributed by atoms with E-state index in [1.165, 1.54) is 35.0 Å². The van der Waals surface area contributed by atoms with Gasteiger partial charge in [0.2, 0.25) is 11.0 Å². The van der Waals surface area contributed by atoms with Gasteiger partial charge in [0.1, 0.15) is 6.04 Å². The monoisotopic (exact) mass is 459 g/mol. The summed E-state index contributed by atoms with van der Waals surface area (Å²) in [7, 11) is 0. The van der Waals surface area contributed by atoms with Crippen molar-refractivity contribution in [2.45, 2.75) is 30.0 Å². The molecule has 0 aliphatic rings. The first kappa shape index (κ1) is 21.4. The number of aromatic nitrogens is 4. The molecule has 0 bridgehead atoms. The van der Waals surface area contributed by atoms with Gasteiger partial charge in [0, 0.05) is 17.9 Å². The SMILES string of the molecule is CC(C)C(C(=O)Nc1nnc(SCc2ccccc2)s1)n1cnc2cc(F)c(F)cc21. The highest BCUT2D eigenvalue weighted by Crippen LogP contribution is 2.30. The molecular weight excluding hydrogens is 440 g/mol. The standard InChI is InChI=1S/C21H19F2N5OS2/c1-12(2)18(28-11-24-16-8-14(22)15(23)9-17(16)28)19(29)25-20-26-27-21(31-20)30-10-13-6-4-3-5-7-13/h3-9,11-12,18H,10H2,1-2H3,(H,25,26,29). The minimum atomic E-state index is -0.985. The highest BCUT2D eigenvalue weighted by Gasteiger charge is 2.27. The Morgan fingerprint density at radius 1 is 1.16 bits per heavy atom. The summed E-state index contributed by atoms with van der Waals surface area (Å²) in [5.74, 6) is -1.67. The predicted octanol–water partition coefficient (Wildman–Crippen LogP) is 5.29. The number of hydrogen-bond acceptors (Lipinski definition) is 6. The molecular formula is C21H19F2N5OS2. The lowest BCUT2D eigenvalue weighted by Crippen LogP contribution is -2.29. The number of rotatable bonds is 7. The Balaban J connectivity index is 1.50. The maximum atomic E-state index is 13.8. The van der Waals surface area contributed by atoms with Crippen molar-refractivity contribution in [1.29, 1.82) is 0 Å². The third-order valence-corrected chi connectivity index (χ3v) is 6.70. The minimum absolute atomic E-state index is 0.134. The molecule has 4 rings (SSSR count). The van der Waals surface area contributed by atoms with E-state index in [9.17, 15) is 13.6 Å². The zero-order valence-electron chi connectivity index (χ0n) is 16.8. The molecule has 1 N–H and O–H groups in total. The average Bonchev–Trinajstić information content (AvgIpc) is 3.35. The van der Waals surface area contributed by atoms with Crippen molar-refractivity contribution in [1.82, 2.24) is 19.7 Å². The largest absolute Gasteiger partial charge is 0.318 e.